The first-order valence-electron chi connectivity index (χ1n) is 13.0. The van der Waals surface area contributed by atoms with Crippen LogP contribution >= 0.6 is 0 Å². The van der Waals surface area contributed by atoms with Crippen LogP contribution in [0, 0.1) is 11.8 Å². The van der Waals surface area contributed by atoms with Gasteiger partial charge in [0.15, 0.2) is 6.61 Å². The average molecular weight is 534 g/mol. The molecule has 0 saturated carbocycles. The molecule has 10 heteroatoms. The molecule has 7 nitrogen and oxygen atoms in total. The number of ether oxygens (including phenoxy) is 1. The van der Waals surface area contributed by atoms with E-state index in [2.05, 4.69) is 4.90 Å². The van der Waals surface area contributed by atoms with Gasteiger partial charge in [-0.2, -0.15) is 13.2 Å². The number of alkyl halides is 3. The lowest BCUT2D eigenvalue weighted by Crippen LogP contribution is -2.49. The summed E-state index contributed by atoms with van der Waals surface area (Å²) in [4.78, 5) is 30.3. The van der Waals surface area contributed by atoms with E-state index in [0.29, 0.717) is 57.1 Å². The van der Waals surface area contributed by atoms with Gasteiger partial charge < -0.3 is 19.6 Å². The zero-order valence-corrected chi connectivity index (χ0v) is 21.3. The van der Waals surface area contributed by atoms with Crippen LogP contribution in [0.15, 0.2) is 54.6 Å². The van der Waals surface area contributed by atoms with Crippen LogP contribution in [0.25, 0.3) is 0 Å². The Labute approximate surface area is 220 Å². The Hall–Kier alpha value is -3.27. The van der Waals surface area contributed by atoms with E-state index >= 15 is 0 Å². The molecule has 0 aliphatic carbocycles. The molecule has 2 aliphatic heterocycles. The molecular formula is C28H34F3N3O4. The number of halogens is 3. The van der Waals surface area contributed by atoms with E-state index in [9.17, 15) is 27.9 Å². The summed E-state index contributed by atoms with van der Waals surface area (Å²) in [6, 6.07) is 14.6. The van der Waals surface area contributed by atoms with Crippen molar-refractivity contribution in [3.63, 3.8) is 0 Å². The molecule has 2 unspecified atom stereocenters. The van der Waals surface area contributed by atoms with E-state index in [1.807, 2.05) is 23.1 Å². The molecule has 2 fully saturated rings. The van der Waals surface area contributed by atoms with Crippen molar-refractivity contribution in [1.82, 2.24) is 9.80 Å². The van der Waals surface area contributed by atoms with Crippen LogP contribution in [-0.4, -0.2) is 79.2 Å². The number of carbonyl (C=O) groups is 2. The first-order chi connectivity index (χ1) is 18.2. The van der Waals surface area contributed by atoms with Gasteiger partial charge in [-0.15, -0.1) is 0 Å². The van der Waals surface area contributed by atoms with E-state index in [-0.39, 0.29) is 30.8 Å². The highest BCUT2D eigenvalue weighted by Crippen LogP contribution is 2.32. The molecule has 1 N–H and O–H groups in total. The second-order valence-electron chi connectivity index (χ2n) is 10.0. The highest BCUT2D eigenvalue weighted by Gasteiger charge is 2.34. The fourth-order valence-corrected chi connectivity index (χ4v) is 5.34. The zero-order valence-electron chi connectivity index (χ0n) is 21.3. The van der Waals surface area contributed by atoms with E-state index in [1.54, 1.807) is 23.1 Å². The van der Waals surface area contributed by atoms with Crippen LogP contribution in [0.2, 0.25) is 0 Å². The van der Waals surface area contributed by atoms with E-state index in [1.165, 1.54) is 12.1 Å². The number of anilines is 1. The minimum absolute atomic E-state index is 0.00186. The number of piperidine rings is 1. The summed E-state index contributed by atoms with van der Waals surface area (Å²) in [5.74, 6) is -0.258. The molecule has 0 spiro atoms. The minimum atomic E-state index is -4.37. The largest absolute Gasteiger partial charge is 0.484 e. The summed E-state index contributed by atoms with van der Waals surface area (Å²) in [6.45, 7) is 4.36. The van der Waals surface area contributed by atoms with Crippen LogP contribution < -0.4 is 9.64 Å². The highest BCUT2D eigenvalue weighted by molar-refractivity contribution is 5.78. The second-order valence-corrected chi connectivity index (χ2v) is 10.0. The second kappa shape index (κ2) is 12.5. The predicted octanol–water partition coefficient (Wildman–Crippen LogP) is 4.24. The fraction of sp³-hybridized carbons (Fsp3) is 0.500. The number of nitrogens with zero attached hydrogens (tertiary/aromatic N) is 3. The molecule has 2 atom stereocenters. The van der Waals surface area contributed by atoms with Gasteiger partial charge in [-0.1, -0.05) is 24.3 Å². The number of benzene rings is 2. The topological polar surface area (TPSA) is 73.3 Å². The third-order valence-corrected chi connectivity index (χ3v) is 7.51. The monoisotopic (exact) mass is 533 g/mol. The molecule has 0 aromatic heterocycles. The van der Waals surface area contributed by atoms with Gasteiger partial charge in [0.05, 0.1) is 5.56 Å². The predicted molar refractivity (Wildman–Crippen MR) is 137 cm³/mol. The van der Waals surface area contributed by atoms with Crippen LogP contribution in [-0.2, 0) is 15.8 Å². The van der Waals surface area contributed by atoms with Gasteiger partial charge >= 0.3 is 12.1 Å². The summed E-state index contributed by atoms with van der Waals surface area (Å²) in [5, 5.41) is 9.41. The lowest BCUT2D eigenvalue weighted by molar-refractivity contribution is -0.141. The van der Waals surface area contributed by atoms with Gasteiger partial charge in [0.1, 0.15) is 5.75 Å². The number of piperazine rings is 1. The lowest BCUT2D eigenvalue weighted by Gasteiger charge is -2.40. The van der Waals surface area contributed by atoms with Crippen molar-refractivity contribution in [2.24, 2.45) is 11.8 Å². The van der Waals surface area contributed by atoms with Gasteiger partial charge in [-0.05, 0) is 61.6 Å². The van der Waals surface area contributed by atoms with Crippen LogP contribution in [0.4, 0.5) is 18.9 Å². The van der Waals surface area contributed by atoms with Gasteiger partial charge in [-0.25, -0.2) is 0 Å². The maximum Gasteiger partial charge on any atom is 0.416 e. The number of rotatable bonds is 9. The number of amides is 1. The quantitative estimate of drug-likeness (QED) is 0.520. The van der Waals surface area contributed by atoms with Crippen molar-refractivity contribution >= 4 is 17.6 Å². The third-order valence-electron chi connectivity index (χ3n) is 7.51. The number of hydrogen-bond acceptors (Lipinski definition) is 5. The molecule has 2 aliphatic rings. The third kappa shape index (κ3) is 7.63. The number of carboxylic acid groups (broad SMARTS) is 1. The molecule has 2 aromatic carbocycles. The average Bonchev–Trinajstić information content (AvgIpc) is 2.91. The smallest absolute Gasteiger partial charge is 0.416 e. The van der Waals surface area contributed by atoms with Crippen molar-refractivity contribution in [1.29, 1.82) is 0 Å². The van der Waals surface area contributed by atoms with Crippen molar-refractivity contribution < 1.29 is 32.6 Å². The number of likely N-dealkylation sites (tertiary alicyclic amines) is 1. The van der Waals surface area contributed by atoms with Crippen LogP contribution in [0.1, 0.15) is 24.8 Å². The molecule has 1 amide bonds. The lowest BCUT2D eigenvalue weighted by atomic mass is 9.81. The number of carboxylic acids is 1. The number of para-hydroxylation sites is 1. The summed E-state index contributed by atoms with van der Waals surface area (Å²) in [6.07, 6.45) is -2.90. The van der Waals surface area contributed by atoms with Gasteiger partial charge in [0.2, 0.25) is 0 Å². The van der Waals surface area contributed by atoms with E-state index < -0.39 is 17.7 Å². The Balaban J connectivity index is 1.29. The first kappa shape index (κ1) is 27.8. The molecule has 0 radical (unpaired) electrons. The summed E-state index contributed by atoms with van der Waals surface area (Å²) >= 11 is 0. The molecule has 2 aromatic rings. The molecule has 2 heterocycles. The maximum atomic E-state index is 13.1. The van der Waals surface area contributed by atoms with Gasteiger partial charge in [0, 0.05) is 51.4 Å². The molecule has 38 heavy (non-hydrogen) atoms. The SMILES string of the molecule is O=C(O)CC1CCN(C(=O)COc2ccccc2)CC1CCN1CCN(c2cccc(C(F)(F)F)c2)CC1. The Morgan fingerprint density at radius 2 is 1.68 bits per heavy atom. The van der Waals surface area contributed by atoms with Crippen molar-refractivity contribution in [2.45, 2.75) is 25.4 Å². The number of aliphatic carboxylic acids is 1. The summed E-state index contributed by atoms with van der Waals surface area (Å²) in [7, 11) is 0. The van der Waals surface area contributed by atoms with Gasteiger partial charge in [0.25, 0.3) is 5.91 Å². The Morgan fingerprint density at radius 1 is 0.947 bits per heavy atom. The summed E-state index contributed by atoms with van der Waals surface area (Å²) < 4.78 is 44.9. The maximum absolute atomic E-state index is 13.1. The molecule has 0 bridgehead atoms. The van der Waals surface area contributed by atoms with Crippen molar-refractivity contribution in [3.05, 3.63) is 60.2 Å². The van der Waals surface area contributed by atoms with Crippen LogP contribution in [0.3, 0.4) is 0 Å². The Morgan fingerprint density at radius 3 is 2.37 bits per heavy atom. The van der Waals surface area contributed by atoms with Crippen molar-refractivity contribution in [3.8, 4) is 5.75 Å². The normalized spacial score (nSPS) is 20.8. The van der Waals surface area contributed by atoms with Crippen molar-refractivity contribution in [2.75, 3.05) is 57.3 Å². The zero-order chi connectivity index (χ0) is 27.1. The highest BCUT2D eigenvalue weighted by atomic mass is 19.4. The number of hydrogen-bond donors (Lipinski definition) is 1. The molecule has 2 saturated heterocycles. The molecule has 4 rings (SSSR count). The number of carbonyl (C=O) groups excluding carboxylic acids is 1. The fourth-order valence-electron chi connectivity index (χ4n) is 5.34. The Bertz CT molecular complexity index is 1070. The minimum Gasteiger partial charge on any atom is -0.484 e. The standard InChI is InChI=1S/C28H34F3N3O4/c29-28(30,31)23-5-4-6-24(18-23)33-15-13-32(14-16-33)11-9-22-19-34(12-10-21(22)17-27(36)37)26(35)20-38-25-7-2-1-3-8-25/h1-8,18,21-22H,9-17,19-20H2,(H,36,37). The molecular weight excluding hydrogens is 499 g/mol. The first-order valence-corrected chi connectivity index (χ1v) is 13.0. The van der Waals surface area contributed by atoms with E-state index in [4.69, 9.17) is 4.74 Å². The Kier molecular flexibility index (Phi) is 9.14. The summed E-state index contributed by atoms with van der Waals surface area (Å²) in [5.41, 5.74) is -0.0763. The van der Waals surface area contributed by atoms with Crippen LogP contribution in [0.5, 0.6) is 5.75 Å². The molecule has 206 valence electrons. The van der Waals surface area contributed by atoms with E-state index in [0.717, 1.165) is 19.0 Å². The van der Waals surface area contributed by atoms with Gasteiger partial charge in [-0.3, -0.25) is 14.5 Å².